The summed E-state index contributed by atoms with van der Waals surface area (Å²) in [5.41, 5.74) is 0.998. The molecule has 0 fully saturated rings. The second kappa shape index (κ2) is 4.74. The molecule has 0 aromatic carbocycles. The van der Waals surface area contributed by atoms with Gasteiger partial charge >= 0.3 is 0 Å². The van der Waals surface area contributed by atoms with Crippen LogP contribution in [0.15, 0.2) is 33.6 Å². The SMILES string of the molecule is CCn1cc(NC(C)c2occc2Br)cn1. The molecule has 0 bridgehead atoms. The minimum absolute atomic E-state index is 0.110. The van der Waals surface area contributed by atoms with Crippen molar-refractivity contribution in [3.05, 3.63) is 35.0 Å². The molecule has 4 nitrogen and oxygen atoms in total. The Morgan fingerprint density at radius 3 is 3.00 bits per heavy atom. The molecule has 0 aliphatic rings. The van der Waals surface area contributed by atoms with Crippen LogP contribution in [0.4, 0.5) is 5.69 Å². The number of rotatable bonds is 4. The first kappa shape index (κ1) is 11.3. The molecular weight excluding hydrogens is 270 g/mol. The van der Waals surface area contributed by atoms with Crippen molar-refractivity contribution in [2.24, 2.45) is 0 Å². The summed E-state index contributed by atoms with van der Waals surface area (Å²) in [6.45, 7) is 4.98. The van der Waals surface area contributed by atoms with Crippen LogP contribution in [0.1, 0.15) is 25.6 Å². The Bertz CT molecular complexity index is 463. The van der Waals surface area contributed by atoms with Crippen LogP contribution in [0.25, 0.3) is 0 Å². The van der Waals surface area contributed by atoms with E-state index < -0.39 is 0 Å². The van der Waals surface area contributed by atoms with E-state index in [1.165, 1.54) is 0 Å². The van der Waals surface area contributed by atoms with Gasteiger partial charge in [-0.3, -0.25) is 4.68 Å². The van der Waals surface area contributed by atoms with Crippen LogP contribution in [0.3, 0.4) is 0 Å². The second-order valence-corrected chi connectivity index (χ2v) is 4.44. The summed E-state index contributed by atoms with van der Waals surface area (Å²) >= 11 is 3.44. The molecule has 86 valence electrons. The van der Waals surface area contributed by atoms with Gasteiger partial charge in [0.2, 0.25) is 0 Å². The number of aromatic nitrogens is 2. The van der Waals surface area contributed by atoms with Crippen LogP contribution >= 0.6 is 15.9 Å². The van der Waals surface area contributed by atoms with Gasteiger partial charge in [-0.1, -0.05) is 0 Å². The first-order valence-electron chi connectivity index (χ1n) is 5.22. The first-order valence-corrected chi connectivity index (χ1v) is 6.02. The summed E-state index contributed by atoms with van der Waals surface area (Å²) in [6, 6.07) is 2.00. The molecule has 5 heteroatoms. The summed E-state index contributed by atoms with van der Waals surface area (Å²) in [4.78, 5) is 0. The quantitative estimate of drug-likeness (QED) is 0.935. The van der Waals surface area contributed by atoms with Crippen molar-refractivity contribution in [2.75, 3.05) is 5.32 Å². The Morgan fingerprint density at radius 2 is 2.44 bits per heavy atom. The third-order valence-electron chi connectivity index (χ3n) is 2.38. The van der Waals surface area contributed by atoms with Gasteiger partial charge in [0.1, 0.15) is 5.76 Å². The third-order valence-corrected chi connectivity index (χ3v) is 3.03. The Kier molecular flexibility index (Phi) is 3.33. The van der Waals surface area contributed by atoms with Crippen LogP contribution in [0, 0.1) is 0 Å². The number of hydrogen-bond donors (Lipinski definition) is 1. The van der Waals surface area contributed by atoms with Crippen molar-refractivity contribution < 1.29 is 4.42 Å². The van der Waals surface area contributed by atoms with Crippen molar-refractivity contribution in [1.29, 1.82) is 0 Å². The average Bonchev–Trinajstić information content (AvgIpc) is 2.86. The van der Waals surface area contributed by atoms with Crippen molar-refractivity contribution in [3.63, 3.8) is 0 Å². The maximum absolute atomic E-state index is 5.39. The highest BCUT2D eigenvalue weighted by atomic mass is 79.9. The molecule has 0 aliphatic carbocycles. The zero-order chi connectivity index (χ0) is 11.5. The van der Waals surface area contributed by atoms with Crippen molar-refractivity contribution in [3.8, 4) is 0 Å². The maximum atomic E-state index is 5.39. The van der Waals surface area contributed by atoms with Gasteiger partial charge in [0, 0.05) is 12.7 Å². The van der Waals surface area contributed by atoms with E-state index in [2.05, 4.69) is 33.3 Å². The molecule has 0 saturated carbocycles. The minimum Gasteiger partial charge on any atom is -0.466 e. The number of nitrogens with zero attached hydrogens (tertiary/aromatic N) is 2. The van der Waals surface area contributed by atoms with Gasteiger partial charge in [0.15, 0.2) is 0 Å². The average molecular weight is 284 g/mol. The van der Waals surface area contributed by atoms with E-state index in [4.69, 9.17) is 4.42 Å². The largest absolute Gasteiger partial charge is 0.466 e. The van der Waals surface area contributed by atoms with Crippen molar-refractivity contribution in [1.82, 2.24) is 9.78 Å². The van der Waals surface area contributed by atoms with E-state index in [0.29, 0.717) is 0 Å². The summed E-state index contributed by atoms with van der Waals surface area (Å²) in [5, 5.41) is 7.54. The van der Waals surface area contributed by atoms with E-state index in [-0.39, 0.29) is 6.04 Å². The van der Waals surface area contributed by atoms with Crippen LogP contribution in [-0.4, -0.2) is 9.78 Å². The molecule has 2 aromatic heterocycles. The Morgan fingerprint density at radius 1 is 1.62 bits per heavy atom. The standard InChI is InChI=1S/C11H14BrN3O/c1-3-15-7-9(6-13-15)14-8(2)11-10(12)4-5-16-11/h4-8,14H,3H2,1-2H3. The molecule has 2 rings (SSSR count). The molecule has 1 unspecified atom stereocenters. The number of halogens is 1. The monoisotopic (exact) mass is 283 g/mol. The fraction of sp³-hybridized carbons (Fsp3) is 0.364. The normalized spacial score (nSPS) is 12.7. The number of aryl methyl sites for hydroxylation is 1. The molecule has 0 aliphatic heterocycles. The molecule has 0 spiro atoms. The predicted octanol–water partition coefficient (Wildman–Crippen LogP) is 3.43. The minimum atomic E-state index is 0.110. The lowest BCUT2D eigenvalue weighted by molar-refractivity contribution is 0.488. The summed E-state index contributed by atoms with van der Waals surface area (Å²) in [6.07, 6.45) is 5.47. The highest BCUT2D eigenvalue weighted by molar-refractivity contribution is 9.10. The molecular formula is C11H14BrN3O. The summed E-state index contributed by atoms with van der Waals surface area (Å²) in [5.74, 6) is 0.893. The van der Waals surface area contributed by atoms with E-state index >= 15 is 0 Å². The van der Waals surface area contributed by atoms with Crippen molar-refractivity contribution in [2.45, 2.75) is 26.4 Å². The second-order valence-electron chi connectivity index (χ2n) is 3.58. The highest BCUT2D eigenvalue weighted by Crippen LogP contribution is 2.26. The van der Waals surface area contributed by atoms with E-state index in [1.54, 1.807) is 6.26 Å². The molecule has 1 N–H and O–H groups in total. The fourth-order valence-electron chi connectivity index (χ4n) is 1.54. The van der Waals surface area contributed by atoms with Crippen LogP contribution in [0.2, 0.25) is 0 Å². The van der Waals surface area contributed by atoms with Gasteiger partial charge < -0.3 is 9.73 Å². The van der Waals surface area contributed by atoms with E-state index in [0.717, 1.165) is 22.5 Å². The molecule has 0 radical (unpaired) electrons. The van der Waals surface area contributed by atoms with Crippen molar-refractivity contribution >= 4 is 21.6 Å². The zero-order valence-corrected chi connectivity index (χ0v) is 10.9. The van der Waals surface area contributed by atoms with Crippen LogP contribution < -0.4 is 5.32 Å². The Balaban J connectivity index is 2.07. The Hall–Kier alpha value is -1.23. The maximum Gasteiger partial charge on any atom is 0.139 e. The van der Waals surface area contributed by atoms with Crippen LogP contribution in [0.5, 0.6) is 0 Å². The van der Waals surface area contributed by atoms with Gasteiger partial charge in [-0.25, -0.2) is 0 Å². The zero-order valence-electron chi connectivity index (χ0n) is 9.27. The lowest BCUT2D eigenvalue weighted by Crippen LogP contribution is -2.05. The van der Waals surface area contributed by atoms with Crippen LogP contribution in [-0.2, 0) is 6.54 Å². The number of nitrogens with one attached hydrogen (secondary N) is 1. The molecule has 2 heterocycles. The smallest absolute Gasteiger partial charge is 0.139 e. The van der Waals surface area contributed by atoms with Gasteiger partial charge in [-0.2, -0.15) is 5.10 Å². The van der Waals surface area contributed by atoms with E-state index in [9.17, 15) is 0 Å². The predicted molar refractivity (Wildman–Crippen MR) is 66.3 cm³/mol. The first-order chi connectivity index (χ1) is 7.70. The molecule has 0 amide bonds. The number of furan rings is 1. The van der Waals surface area contributed by atoms with Gasteiger partial charge in [-0.05, 0) is 35.8 Å². The fourth-order valence-corrected chi connectivity index (χ4v) is 2.09. The van der Waals surface area contributed by atoms with Gasteiger partial charge in [0.25, 0.3) is 0 Å². The molecule has 0 saturated heterocycles. The van der Waals surface area contributed by atoms with Gasteiger partial charge in [-0.15, -0.1) is 0 Å². The lowest BCUT2D eigenvalue weighted by atomic mass is 10.2. The number of anilines is 1. The third kappa shape index (κ3) is 2.29. The number of hydrogen-bond acceptors (Lipinski definition) is 3. The van der Waals surface area contributed by atoms with E-state index in [1.807, 2.05) is 30.1 Å². The molecule has 1 atom stereocenters. The molecule has 2 aromatic rings. The topological polar surface area (TPSA) is 43.0 Å². The lowest BCUT2D eigenvalue weighted by Gasteiger charge is -2.11. The van der Waals surface area contributed by atoms with Gasteiger partial charge in [0.05, 0.1) is 28.7 Å². The summed E-state index contributed by atoms with van der Waals surface area (Å²) < 4.78 is 8.26. The highest BCUT2D eigenvalue weighted by Gasteiger charge is 2.13. The Labute approximate surface area is 103 Å². The molecule has 16 heavy (non-hydrogen) atoms. The summed E-state index contributed by atoms with van der Waals surface area (Å²) in [7, 11) is 0.